The fourth-order valence-corrected chi connectivity index (χ4v) is 0.899. The largest absolute Gasteiger partial charge is 0.467 e. The highest BCUT2D eigenvalue weighted by molar-refractivity contribution is 5.01. The molecule has 0 aliphatic rings. The topological polar surface area (TPSA) is 33.4 Å². The molecule has 0 amide bonds. The third kappa shape index (κ3) is 2.24. The molecular weight excluding hydrogens is 140 g/mol. The molecule has 1 heterocycles. The quantitative estimate of drug-likeness (QED) is 0.671. The van der Waals surface area contributed by atoms with E-state index >= 15 is 0 Å². The van der Waals surface area contributed by atoms with Crippen LogP contribution in [0, 0.1) is 0 Å². The van der Waals surface area contributed by atoms with E-state index < -0.39 is 6.10 Å². The van der Waals surface area contributed by atoms with Crippen molar-refractivity contribution in [2.45, 2.75) is 18.9 Å². The van der Waals surface area contributed by atoms with Crippen LogP contribution in [0.1, 0.15) is 24.7 Å². The Morgan fingerprint density at radius 2 is 2.55 bits per heavy atom. The van der Waals surface area contributed by atoms with Crippen molar-refractivity contribution < 1.29 is 9.52 Å². The molecule has 1 aromatic rings. The number of hydrogen-bond donors (Lipinski definition) is 1. The van der Waals surface area contributed by atoms with E-state index in [1.54, 1.807) is 24.5 Å². The standard InChI is InChI=1S/C9H12O2/c1-2-3-5-8(10)9-6-4-7-11-9/h2,4,6-8,10H,1,3,5H2. The van der Waals surface area contributed by atoms with Crippen LogP contribution in [-0.2, 0) is 0 Å². The number of furan rings is 1. The van der Waals surface area contributed by atoms with Gasteiger partial charge in [0.25, 0.3) is 0 Å². The predicted octanol–water partition coefficient (Wildman–Crippen LogP) is 2.28. The summed E-state index contributed by atoms with van der Waals surface area (Å²) in [6.07, 6.45) is 4.35. The smallest absolute Gasteiger partial charge is 0.132 e. The highest BCUT2D eigenvalue weighted by Crippen LogP contribution is 2.17. The van der Waals surface area contributed by atoms with Crippen LogP contribution in [0.3, 0.4) is 0 Å². The molecule has 2 nitrogen and oxygen atoms in total. The van der Waals surface area contributed by atoms with E-state index in [1.165, 1.54) is 0 Å². The van der Waals surface area contributed by atoms with Gasteiger partial charge in [0, 0.05) is 0 Å². The summed E-state index contributed by atoms with van der Waals surface area (Å²) >= 11 is 0. The minimum absolute atomic E-state index is 0.483. The zero-order valence-electron chi connectivity index (χ0n) is 6.36. The Kier molecular flexibility index (Phi) is 2.93. The van der Waals surface area contributed by atoms with Crippen molar-refractivity contribution in [2.24, 2.45) is 0 Å². The van der Waals surface area contributed by atoms with Crippen LogP contribution in [0.15, 0.2) is 35.5 Å². The summed E-state index contributed by atoms with van der Waals surface area (Å²) in [7, 11) is 0. The van der Waals surface area contributed by atoms with Gasteiger partial charge >= 0.3 is 0 Å². The summed E-state index contributed by atoms with van der Waals surface area (Å²) in [6, 6.07) is 3.54. The first-order valence-electron chi connectivity index (χ1n) is 3.67. The van der Waals surface area contributed by atoms with Crippen LogP contribution < -0.4 is 0 Å². The molecule has 0 spiro atoms. The number of rotatable bonds is 4. The fraction of sp³-hybridized carbons (Fsp3) is 0.333. The zero-order valence-corrected chi connectivity index (χ0v) is 6.36. The van der Waals surface area contributed by atoms with E-state index in [2.05, 4.69) is 6.58 Å². The summed E-state index contributed by atoms with van der Waals surface area (Å²) in [6.45, 7) is 3.57. The van der Waals surface area contributed by atoms with E-state index in [1.807, 2.05) is 0 Å². The van der Waals surface area contributed by atoms with Gasteiger partial charge in [0.2, 0.25) is 0 Å². The Morgan fingerprint density at radius 1 is 1.73 bits per heavy atom. The molecule has 11 heavy (non-hydrogen) atoms. The van der Waals surface area contributed by atoms with Crippen molar-refractivity contribution in [1.82, 2.24) is 0 Å². The number of aliphatic hydroxyl groups excluding tert-OH is 1. The number of allylic oxidation sites excluding steroid dienone is 1. The van der Waals surface area contributed by atoms with E-state index in [4.69, 9.17) is 4.42 Å². The van der Waals surface area contributed by atoms with Crippen molar-refractivity contribution in [3.63, 3.8) is 0 Å². The van der Waals surface area contributed by atoms with Gasteiger partial charge in [-0.15, -0.1) is 6.58 Å². The molecule has 1 N–H and O–H groups in total. The maximum Gasteiger partial charge on any atom is 0.132 e. The predicted molar refractivity (Wildman–Crippen MR) is 43.1 cm³/mol. The summed E-state index contributed by atoms with van der Waals surface area (Å²) in [5, 5.41) is 9.40. The molecule has 2 heteroatoms. The highest BCUT2D eigenvalue weighted by Gasteiger charge is 2.07. The van der Waals surface area contributed by atoms with E-state index in [-0.39, 0.29) is 0 Å². The Hall–Kier alpha value is -1.02. The summed E-state index contributed by atoms with van der Waals surface area (Å²) in [5.74, 6) is 0.631. The lowest BCUT2D eigenvalue weighted by atomic mass is 10.1. The van der Waals surface area contributed by atoms with Crippen LogP contribution in [0.4, 0.5) is 0 Å². The molecule has 1 rings (SSSR count). The Balaban J connectivity index is 2.42. The fourth-order valence-electron chi connectivity index (χ4n) is 0.899. The first-order chi connectivity index (χ1) is 5.34. The molecule has 1 unspecified atom stereocenters. The van der Waals surface area contributed by atoms with E-state index in [0.29, 0.717) is 12.2 Å². The second kappa shape index (κ2) is 3.98. The second-order valence-corrected chi connectivity index (χ2v) is 2.40. The Morgan fingerprint density at radius 3 is 3.09 bits per heavy atom. The van der Waals surface area contributed by atoms with Gasteiger partial charge in [-0.1, -0.05) is 6.08 Å². The first-order valence-corrected chi connectivity index (χ1v) is 3.67. The van der Waals surface area contributed by atoms with Gasteiger partial charge in [-0.05, 0) is 25.0 Å². The van der Waals surface area contributed by atoms with Crippen LogP contribution in [-0.4, -0.2) is 5.11 Å². The van der Waals surface area contributed by atoms with Crippen LogP contribution >= 0.6 is 0 Å². The van der Waals surface area contributed by atoms with Crippen molar-refractivity contribution >= 4 is 0 Å². The van der Waals surface area contributed by atoms with E-state index in [0.717, 1.165) is 6.42 Å². The molecule has 0 aromatic carbocycles. The molecule has 1 atom stereocenters. The average molecular weight is 152 g/mol. The molecule has 0 aliphatic heterocycles. The van der Waals surface area contributed by atoms with Crippen molar-refractivity contribution in [3.05, 3.63) is 36.8 Å². The summed E-state index contributed by atoms with van der Waals surface area (Å²) in [4.78, 5) is 0. The van der Waals surface area contributed by atoms with Crippen LogP contribution in [0.2, 0.25) is 0 Å². The lowest BCUT2D eigenvalue weighted by Crippen LogP contribution is -1.93. The third-order valence-electron chi connectivity index (χ3n) is 1.52. The van der Waals surface area contributed by atoms with Gasteiger partial charge < -0.3 is 9.52 Å². The maximum atomic E-state index is 9.40. The Bertz CT molecular complexity index is 201. The van der Waals surface area contributed by atoms with Gasteiger partial charge in [-0.25, -0.2) is 0 Å². The molecule has 0 saturated carbocycles. The van der Waals surface area contributed by atoms with Gasteiger partial charge in [-0.3, -0.25) is 0 Å². The number of hydrogen-bond acceptors (Lipinski definition) is 2. The normalized spacial score (nSPS) is 12.8. The average Bonchev–Trinajstić information content (AvgIpc) is 2.52. The van der Waals surface area contributed by atoms with Crippen molar-refractivity contribution in [1.29, 1.82) is 0 Å². The molecule has 0 saturated heterocycles. The van der Waals surface area contributed by atoms with Crippen molar-refractivity contribution in [2.75, 3.05) is 0 Å². The second-order valence-electron chi connectivity index (χ2n) is 2.40. The summed E-state index contributed by atoms with van der Waals surface area (Å²) in [5.41, 5.74) is 0. The molecule has 60 valence electrons. The van der Waals surface area contributed by atoms with Crippen LogP contribution in [0.5, 0.6) is 0 Å². The molecule has 0 bridgehead atoms. The molecular formula is C9H12O2. The molecule has 0 fully saturated rings. The number of aliphatic hydroxyl groups is 1. The minimum Gasteiger partial charge on any atom is -0.467 e. The third-order valence-corrected chi connectivity index (χ3v) is 1.52. The first kappa shape index (κ1) is 8.08. The monoisotopic (exact) mass is 152 g/mol. The Labute approximate surface area is 66.2 Å². The lowest BCUT2D eigenvalue weighted by Gasteiger charge is -2.03. The molecule has 1 aromatic heterocycles. The van der Waals surface area contributed by atoms with E-state index in [9.17, 15) is 5.11 Å². The molecule has 0 radical (unpaired) electrons. The summed E-state index contributed by atoms with van der Waals surface area (Å²) < 4.78 is 5.01. The maximum absolute atomic E-state index is 9.40. The van der Waals surface area contributed by atoms with Gasteiger partial charge in [0.1, 0.15) is 11.9 Å². The van der Waals surface area contributed by atoms with Gasteiger partial charge in [0.15, 0.2) is 0 Å². The SMILES string of the molecule is C=CCCC(O)c1ccco1. The van der Waals surface area contributed by atoms with Gasteiger partial charge in [0.05, 0.1) is 6.26 Å². The van der Waals surface area contributed by atoms with Crippen molar-refractivity contribution in [3.8, 4) is 0 Å². The zero-order chi connectivity index (χ0) is 8.10. The highest BCUT2D eigenvalue weighted by atomic mass is 16.4. The molecule has 0 aliphatic carbocycles. The lowest BCUT2D eigenvalue weighted by molar-refractivity contribution is 0.141. The van der Waals surface area contributed by atoms with Gasteiger partial charge in [-0.2, -0.15) is 0 Å². The minimum atomic E-state index is -0.483. The van der Waals surface area contributed by atoms with Crippen LogP contribution in [0.25, 0.3) is 0 Å².